The second-order valence-electron chi connectivity index (χ2n) is 4.29. The first kappa shape index (κ1) is 17.2. The quantitative estimate of drug-likeness (QED) is 0.300. The van der Waals surface area contributed by atoms with E-state index in [1.54, 1.807) is 0 Å². The molecule has 0 fully saturated rings. The molecule has 0 saturated carbocycles. The van der Waals surface area contributed by atoms with Gasteiger partial charge in [0.05, 0.1) is 11.0 Å². The number of nitrogens with zero attached hydrogens (tertiary/aromatic N) is 4. The number of hydrogen-bond donors (Lipinski definition) is 0. The van der Waals surface area contributed by atoms with Crippen LogP contribution in [0.5, 0.6) is 0 Å². The number of hydrogen-bond acceptors (Lipinski definition) is 6. The van der Waals surface area contributed by atoms with Gasteiger partial charge in [0, 0.05) is 23.2 Å². The summed E-state index contributed by atoms with van der Waals surface area (Å²) in [7, 11) is 0. The summed E-state index contributed by atoms with van der Waals surface area (Å²) in [5.41, 5.74) is 3.14. The number of benzene rings is 1. The molecule has 3 rings (SSSR count). The van der Waals surface area contributed by atoms with Crippen molar-refractivity contribution in [3.63, 3.8) is 0 Å². The molecule has 22 heavy (non-hydrogen) atoms. The van der Waals surface area contributed by atoms with Gasteiger partial charge in [-0.2, -0.15) is 0 Å². The Kier molecular flexibility index (Phi) is 5.83. The van der Waals surface area contributed by atoms with Gasteiger partial charge in [0.2, 0.25) is 0 Å². The molecule has 0 bridgehead atoms. The van der Waals surface area contributed by atoms with Gasteiger partial charge in [-0.25, -0.2) is 0 Å². The number of rotatable bonds is 2. The van der Waals surface area contributed by atoms with Gasteiger partial charge in [-0.15, -0.1) is 0 Å². The fourth-order valence-electron chi connectivity index (χ4n) is 1.86. The summed E-state index contributed by atoms with van der Waals surface area (Å²) < 4.78 is 4.90. The Hall–Kier alpha value is -1.11. The Morgan fingerprint density at radius 2 is 1.64 bits per heavy atom. The van der Waals surface area contributed by atoms with Crippen LogP contribution in [0.4, 0.5) is 0 Å². The predicted octanol–water partition coefficient (Wildman–Crippen LogP) is 5.21. The van der Waals surface area contributed by atoms with E-state index in [4.69, 9.17) is 0 Å². The van der Waals surface area contributed by atoms with Crippen molar-refractivity contribution < 1.29 is 12.4 Å². The summed E-state index contributed by atoms with van der Waals surface area (Å²) in [6, 6.07) is 10.3. The molecule has 0 saturated heterocycles. The van der Waals surface area contributed by atoms with Crippen LogP contribution >= 0.6 is 26.6 Å². The van der Waals surface area contributed by atoms with E-state index in [9.17, 15) is 9.81 Å². The van der Waals surface area contributed by atoms with E-state index in [1.165, 1.54) is 5.56 Å². The van der Waals surface area contributed by atoms with Crippen molar-refractivity contribution in [1.29, 1.82) is 0 Å². The fourth-order valence-corrected chi connectivity index (χ4v) is 1.96. The summed E-state index contributed by atoms with van der Waals surface area (Å²) in [6.45, 7) is 2.05. The third-order valence-corrected chi connectivity index (χ3v) is 7.90. The molecule has 114 valence electrons. The molecule has 0 radical (unpaired) electrons. The van der Waals surface area contributed by atoms with Crippen LogP contribution in [0.15, 0.2) is 50.2 Å². The van der Waals surface area contributed by atoms with Crippen molar-refractivity contribution in [2.75, 3.05) is 0 Å². The van der Waals surface area contributed by atoms with Gasteiger partial charge >= 0.3 is 56.3 Å². The Morgan fingerprint density at radius 1 is 1.00 bits per heavy atom. The van der Waals surface area contributed by atoms with E-state index in [1.807, 2.05) is 18.5 Å². The van der Waals surface area contributed by atoms with E-state index in [0.29, 0.717) is 0 Å². The molecule has 2 heterocycles. The summed E-state index contributed by atoms with van der Waals surface area (Å²) in [4.78, 5) is 27.8. The van der Waals surface area contributed by atoms with Crippen LogP contribution in [0, 0.1) is 16.7 Å². The van der Waals surface area contributed by atoms with Crippen LogP contribution in [-0.4, -0.2) is 9.97 Å². The van der Waals surface area contributed by atoms with Crippen molar-refractivity contribution in [2.24, 2.45) is 7.47 Å². The normalized spacial score (nSPS) is 11.6. The third kappa shape index (κ3) is 4.21. The summed E-state index contributed by atoms with van der Waals surface area (Å²) >= 11 is 1.99. The molecule has 9 heteroatoms. The minimum atomic E-state index is -3.50. The summed E-state index contributed by atoms with van der Waals surface area (Å²) in [5, 5.41) is 2.29. The Labute approximate surface area is 142 Å². The van der Waals surface area contributed by atoms with E-state index >= 15 is 0 Å². The van der Waals surface area contributed by atoms with Gasteiger partial charge < -0.3 is 0 Å². The van der Waals surface area contributed by atoms with Crippen LogP contribution in [0.3, 0.4) is 0 Å². The molecule has 2 aromatic heterocycles. The van der Waals surface area contributed by atoms with Crippen molar-refractivity contribution in [2.45, 2.75) is 6.92 Å². The first-order valence-electron chi connectivity index (χ1n) is 5.98. The summed E-state index contributed by atoms with van der Waals surface area (Å²) in [5.74, 6) is 0. The Balaban J connectivity index is 0.000000217. The molecular weight excluding hydrogens is 588 g/mol. The standard InChI is InChI=1S/C13H10N2.2BrH.2NO.W/c1-9-7-11-5-4-10-3-2-6-14-12(10)13(11)15-8-9;;;2*1-2;/h2-8H,1H3;2*1H;;;/q;;;2*-1;+4/p-2. The van der Waals surface area contributed by atoms with Gasteiger partial charge in [-0.1, -0.05) is 18.2 Å². The minimum absolute atomic E-state index is 0.981. The predicted molar refractivity (Wildman–Crippen MR) is 91.2 cm³/mol. The average molecular weight is 598 g/mol. The Bertz CT molecular complexity index is 835. The van der Waals surface area contributed by atoms with Crippen LogP contribution in [-0.2, 0) is 12.4 Å². The zero-order valence-corrected chi connectivity index (χ0v) is 17.4. The van der Waals surface area contributed by atoms with Crippen LogP contribution < -0.4 is 0 Å². The first-order valence-corrected chi connectivity index (χ1v) is 21.4. The van der Waals surface area contributed by atoms with Gasteiger partial charge in [0.25, 0.3) is 0 Å². The van der Waals surface area contributed by atoms with E-state index in [0.717, 1.165) is 21.8 Å². The molecule has 0 spiro atoms. The molecule has 1 aromatic carbocycles. The first-order chi connectivity index (χ1) is 10.5. The Morgan fingerprint density at radius 3 is 2.27 bits per heavy atom. The molecule has 0 amide bonds. The van der Waals surface area contributed by atoms with Crippen molar-refractivity contribution >= 4 is 48.4 Å². The SMILES string of the molecule is Cc1cnc2c(ccc3cccnc32)c1.O=[N][W]([Br])([Br])[N]=O. The van der Waals surface area contributed by atoms with Crippen molar-refractivity contribution in [3.8, 4) is 0 Å². The van der Waals surface area contributed by atoms with Crippen LogP contribution in [0.25, 0.3) is 21.8 Å². The zero-order valence-electron chi connectivity index (χ0n) is 11.3. The second-order valence-corrected chi connectivity index (χ2v) is 30.2. The molecule has 0 aliphatic rings. The molecule has 6 nitrogen and oxygen atoms in total. The van der Waals surface area contributed by atoms with Crippen LogP contribution in [0.2, 0.25) is 0 Å². The zero-order chi connectivity index (χ0) is 16.2. The van der Waals surface area contributed by atoms with Crippen molar-refractivity contribution in [1.82, 2.24) is 9.97 Å². The third-order valence-electron chi connectivity index (χ3n) is 2.74. The number of pyridine rings is 2. The van der Waals surface area contributed by atoms with E-state index in [2.05, 4.69) is 75.2 Å². The van der Waals surface area contributed by atoms with E-state index < -0.39 is 12.4 Å². The number of aryl methyl sites for hydroxylation is 1. The maximum atomic E-state index is 9.51. The average Bonchev–Trinajstić information content (AvgIpc) is 2.55. The van der Waals surface area contributed by atoms with E-state index in [-0.39, 0.29) is 0 Å². The van der Waals surface area contributed by atoms with Crippen molar-refractivity contribution in [3.05, 3.63) is 58.1 Å². The molecule has 0 N–H and O–H groups in total. The van der Waals surface area contributed by atoms with Gasteiger partial charge in [-0.05, 0) is 24.6 Å². The molecule has 3 aromatic rings. The molecule has 0 unspecified atom stereocenters. The van der Waals surface area contributed by atoms with Crippen LogP contribution in [0.1, 0.15) is 5.56 Å². The monoisotopic (exact) mass is 596 g/mol. The fraction of sp³-hybridized carbons (Fsp3) is 0.0769. The molecule has 0 aliphatic heterocycles. The van der Waals surface area contributed by atoms with Gasteiger partial charge in [0.15, 0.2) is 0 Å². The van der Waals surface area contributed by atoms with Gasteiger partial charge in [-0.3, -0.25) is 9.97 Å². The number of fused-ring (bicyclic) bond motifs is 3. The summed E-state index contributed by atoms with van der Waals surface area (Å²) in [6.07, 6.45) is 3.69. The number of nitroso groups, excluding NO2 is 2. The topological polar surface area (TPSA) is 84.6 Å². The maximum absolute atomic E-state index is 9.51. The molecular formula is C13H10Br2N4O2W. The van der Waals surface area contributed by atoms with Gasteiger partial charge in [0.1, 0.15) is 0 Å². The molecule has 0 aliphatic carbocycles. The molecule has 0 atom stereocenters. The second kappa shape index (κ2) is 7.44. The number of aromatic nitrogens is 2. The number of halogens is 2.